The Morgan fingerprint density at radius 1 is 1.29 bits per heavy atom. The van der Waals surface area contributed by atoms with Crippen molar-refractivity contribution in [1.82, 2.24) is 15.1 Å². The van der Waals surface area contributed by atoms with Crippen molar-refractivity contribution in [1.29, 1.82) is 0 Å². The van der Waals surface area contributed by atoms with E-state index >= 15 is 0 Å². The molecule has 0 radical (unpaired) electrons. The van der Waals surface area contributed by atoms with Crippen LogP contribution in [0.4, 0.5) is 11.4 Å². The van der Waals surface area contributed by atoms with Gasteiger partial charge in [0.15, 0.2) is 0 Å². The first kappa shape index (κ1) is 21.2. The monoisotopic (exact) mass is 439 g/mol. The number of carbonyl (C=O) groups excluding carboxylic acids is 2. The molecule has 1 aliphatic heterocycles. The number of hydrogen-bond acceptors (Lipinski definition) is 7. The standard InChI is InChI=1S/C22H25N5O3S/c1-3-10-26(13-20-24-25-22(30-20)18-9-6-11-31-18)14-21(29)27-15(2)12-19(28)23-16-7-4-5-8-17(16)27/h4-9,11,15H,3,10,12-14H2,1-2H3,(H,23,28). The van der Waals surface area contributed by atoms with Gasteiger partial charge in [0.05, 0.1) is 29.3 Å². The number of fused-ring (bicyclic) bond motifs is 1. The van der Waals surface area contributed by atoms with Crippen molar-refractivity contribution < 1.29 is 14.0 Å². The fourth-order valence-electron chi connectivity index (χ4n) is 3.77. The zero-order valence-electron chi connectivity index (χ0n) is 17.6. The van der Waals surface area contributed by atoms with E-state index in [4.69, 9.17) is 4.42 Å². The lowest BCUT2D eigenvalue weighted by molar-refractivity contribution is -0.120. The molecule has 1 atom stereocenters. The number of benzene rings is 1. The third-order valence-electron chi connectivity index (χ3n) is 5.08. The molecule has 0 saturated carbocycles. The Morgan fingerprint density at radius 3 is 2.90 bits per heavy atom. The first-order valence-electron chi connectivity index (χ1n) is 10.3. The maximum absolute atomic E-state index is 13.4. The largest absolute Gasteiger partial charge is 0.419 e. The van der Waals surface area contributed by atoms with Crippen molar-refractivity contribution >= 4 is 34.5 Å². The van der Waals surface area contributed by atoms with Crippen LogP contribution in [0, 0.1) is 0 Å². The molecule has 2 aromatic heterocycles. The number of amides is 2. The van der Waals surface area contributed by atoms with Gasteiger partial charge in [0.25, 0.3) is 5.89 Å². The number of aromatic nitrogens is 2. The van der Waals surface area contributed by atoms with Crippen LogP contribution < -0.4 is 10.2 Å². The van der Waals surface area contributed by atoms with Gasteiger partial charge in [0.1, 0.15) is 0 Å². The summed E-state index contributed by atoms with van der Waals surface area (Å²) in [6.45, 7) is 5.25. The molecule has 1 unspecified atom stereocenters. The van der Waals surface area contributed by atoms with Gasteiger partial charge in [-0.2, -0.15) is 0 Å². The maximum Gasteiger partial charge on any atom is 0.257 e. The molecular formula is C22H25N5O3S. The van der Waals surface area contributed by atoms with E-state index in [0.29, 0.717) is 30.6 Å². The lowest BCUT2D eigenvalue weighted by Gasteiger charge is -2.30. The molecular weight excluding hydrogens is 414 g/mol. The van der Waals surface area contributed by atoms with Gasteiger partial charge in [0.2, 0.25) is 17.7 Å². The number of thiophene rings is 1. The molecule has 3 aromatic rings. The highest BCUT2D eigenvalue weighted by Gasteiger charge is 2.30. The Morgan fingerprint density at radius 2 is 2.13 bits per heavy atom. The van der Waals surface area contributed by atoms with Gasteiger partial charge < -0.3 is 14.6 Å². The zero-order valence-corrected chi connectivity index (χ0v) is 18.4. The van der Waals surface area contributed by atoms with Gasteiger partial charge in [-0.15, -0.1) is 21.5 Å². The first-order chi connectivity index (χ1) is 15.0. The minimum atomic E-state index is -0.242. The Labute approximate surface area is 184 Å². The van der Waals surface area contributed by atoms with E-state index in [2.05, 4.69) is 22.4 Å². The van der Waals surface area contributed by atoms with Crippen molar-refractivity contribution in [2.45, 2.75) is 39.3 Å². The second-order valence-electron chi connectivity index (χ2n) is 7.57. The van der Waals surface area contributed by atoms with Gasteiger partial charge >= 0.3 is 0 Å². The van der Waals surface area contributed by atoms with Crippen LogP contribution in [0.3, 0.4) is 0 Å². The van der Waals surface area contributed by atoms with Crippen LogP contribution in [0.1, 0.15) is 32.6 Å². The van der Waals surface area contributed by atoms with Crippen LogP contribution in [0.2, 0.25) is 0 Å². The lowest BCUT2D eigenvalue weighted by atomic mass is 10.1. The number of anilines is 2. The Hall–Kier alpha value is -3.04. The van der Waals surface area contributed by atoms with Crippen molar-refractivity contribution in [2.24, 2.45) is 0 Å². The Bertz CT molecular complexity index is 1050. The number of carbonyl (C=O) groups is 2. The minimum absolute atomic E-state index is 0.0668. The molecule has 0 bridgehead atoms. The highest BCUT2D eigenvalue weighted by Crippen LogP contribution is 2.31. The fourth-order valence-corrected chi connectivity index (χ4v) is 4.42. The molecule has 8 nitrogen and oxygen atoms in total. The van der Waals surface area contributed by atoms with E-state index in [0.717, 1.165) is 17.0 Å². The molecule has 9 heteroatoms. The minimum Gasteiger partial charge on any atom is -0.419 e. The summed E-state index contributed by atoms with van der Waals surface area (Å²) in [6.07, 6.45) is 1.13. The average Bonchev–Trinajstić information content (AvgIpc) is 3.39. The molecule has 0 spiro atoms. The molecule has 4 rings (SSSR count). The second kappa shape index (κ2) is 9.40. The second-order valence-corrected chi connectivity index (χ2v) is 8.52. The van der Waals surface area contributed by atoms with Crippen LogP contribution in [-0.2, 0) is 16.1 Å². The quantitative estimate of drug-likeness (QED) is 0.602. The SMILES string of the molecule is CCCN(CC(=O)N1c2ccccc2NC(=O)CC1C)Cc1nnc(-c2cccs2)o1. The Kier molecular flexibility index (Phi) is 6.43. The van der Waals surface area contributed by atoms with E-state index in [1.54, 1.807) is 4.90 Å². The topological polar surface area (TPSA) is 91.6 Å². The summed E-state index contributed by atoms with van der Waals surface area (Å²) in [6, 6.07) is 11.0. The number of rotatable bonds is 7. The van der Waals surface area contributed by atoms with Crippen LogP contribution >= 0.6 is 11.3 Å². The molecule has 1 aliphatic rings. The predicted octanol–water partition coefficient (Wildman–Crippen LogP) is 3.77. The number of nitrogens with zero attached hydrogens (tertiary/aromatic N) is 4. The molecule has 2 amide bonds. The van der Waals surface area contributed by atoms with E-state index in [1.165, 1.54) is 11.3 Å². The van der Waals surface area contributed by atoms with Gasteiger partial charge in [0, 0.05) is 12.5 Å². The summed E-state index contributed by atoms with van der Waals surface area (Å²) in [5.41, 5.74) is 1.38. The molecule has 31 heavy (non-hydrogen) atoms. The van der Waals surface area contributed by atoms with Crippen LogP contribution in [0.5, 0.6) is 0 Å². The summed E-state index contributed by atoms with van der Waals surface area (Å²) < 4.78 is 5.81. The van der Waals surface area contributed by atoms with Gasteiger partial charge in [-0.05, 0) is 43.5 Å². The van der Waals surface area contributed by atoms with E-state index < -0.39 is 0 Å². The highest BCUT2D eigenvalue weighted by molar-refractivity contribution is 7.13. The maximum atomic E-state index is 13.4. The number of para-hydroxylation sites is 2. The zero-order chi connectivity index (χ0) is 21.8. The van der Waals surface area contributed by atoms with E-state index in [1.807, 2.05) is 53.6 Å². The van der Waals surface area contributed by atoms with Crippen molar-refractivity contribution in [3.05, 3.63) is 47.7 Å². The van der Waals surface area contributed by atoms with Crippen LogP contribution in [0.25, 0.3) is 10.8 Å². The third-order valence-corrected chi connectivity index (χ3v) is 5.94. The predicted molar refractivity (Wildman–Crippen MR) is 120 cm³/mol. The fraction of sp³-hybridized carbons (Fsp3) is 0.364. The van der Waals surface area contributed by atoms with Gasteiger partial charge in [-0.1, -0.05) is 25.1 Å². The summed E-state index contributed by atoms with van der Waals surface area (Å²) in [4.78, 5) is 30.2. The van der Waals surface area contributed by atoms with Crippen molar-refractivity contribution in [3.8, 4) is 10.8 Å². The molecule has 0 saturated heterocycles. The normalized spacial score (nSPS) is 16.2. The van der Waals surface area contributed by atoms with Crippen LogP contribution in [-0.4, -0.2) is 46.0 Å². The summed E-state index contributed by atoms with van der Waals surface area (Å²) in [5.74, 6) is 0.814. The summed E-state index contributed by atoms with van der Waals surface area (Å²) in [7, 11) is 0. The van der Waals surface area contributed by atoms with Crippen LogP contribution in [0.15, 0.2) is 46.2 Å². The number of nitrogens with one attached hydrogen (secondary N) is 1. The lowest BCUT2D eigenvalue weighted by Crippen LogP contribution is -2.45. The molecule has 0 aliphatic carbocycles. The van der Waals surface area contributed by atoms with Gasteiger partial charge in [-0.3, -0.25) is 14.5 Å². The smallest absolute Gasteiger partial charge is 0.257 e. The Balaban J connectivity index is 1.51. The highest BCUT2D eigenvalue weighted by atomic mass is 32.1. The summed E-state index contributed by atoms with van der Waals surface area (Å²) in [5, 5.41) is 13.1. The van der Waals surface area contributed by atoms with E-state index in [-0.39, 0.29) is 30.8 Å². The molecule has 1 aromatic carbocycles. The third kappa shape index (κ3) is 4.83. The molecule has 1 N–H and O–H groups in total. The van der Waals surface area contributed by atoms with E-state index in [9.17, 15) is 9.59 Å². The molecule has 3 heterocycles. The van der Waals surface area contributed by atoms with Gasteiger partial charge in [-0.25, -0.2) is 0 Å². The molecule has 0 fully saturated rings. The van der Waals surface area contributed by atoms with Crippen molar-refractivity contribution in [3.63, 3.8) is 0 Å². The number of hydrogen-bond donors (Lipinski definition) is 1. The summed E-state index contributed by atoms with van der Waals surface area (Å²) >= 11 is 1.54. The average molecular weight is 440 g/mol. The first-order valence-corrected chi connectivity index (χ1v) is 11.2. The van der Waals surface area contributed by atoms with Crippen molar-refractivity contribution in [2.75, 3.05) is 23.3 Å². The molecule has 162 valence electrons.